The Hall–Kier alpha value is -3.31. The molecule has 2 aromatic carbocycles. The van der Waals surface area contributed by atoms with E-state index < -0.39 is 22.2 Å². The number of carbonyl (C=O) groups excluding carboxylic acids is 1. The highest BCUT2D eigenvalue weighted by Gasteiger charge is 2.19. The minimum absolute atomic E-state index is 0.0147. The highest BCUT2D eigenvalue weighted by molar-refractivity contribution is 7.87. The largest absolute Gasteiger partial charge is 0.493 e. The summed E-state index contributed by atoms with van der Waals surface area (Å²) >= 11 is 0. The molecule has 0 heterocycles. The lowest BCUT2D eigenvalue weighted by Gasteiger charge is -2.11. The average molecular weight is 401 g/mol. The molecule has 0 fully saturated rings. The van der Waals surface area contributed by atoms with E-state index in [-0.39, 0.29) is 16.4 Å². The lowest BCUT2D eigenvalue weighted by atomic mass is 10.2. The fourth-order valence-corrected chi connectivity index (χ4v) is 3.07. The van der Waals surface area contributed by atoms with E-state index in [1.807, 2.05) is 6.92 Å². The maximum Gasteiger partial charge on any atom is 0.339 e. The van der Waals surface area contributed by atoms with E-state index >= 15 is 0 Å². The molecule has 28 heavy (non-hydrogen) atoms. The summed E-state index contributed by atoms with van der Waals surface area (Å²) in [5.41, 5.74) is 1.48. The van der Waals surface area contributed by atoms with Crippen molar-refractivity contribution in [2.45, 2.75) is 24.8 Å². The number of hydrogen-bond acceptors (Lipinski definition) is 7. The van der Waals surface area contributed by atoms with Crippen molar-refractivity contribution >= 4 is 22.2 Å². The third-order valence-corrected chi connectivity index (χ3v) is 4.83. The van der Waals surface area contributed by atoms with Crippen molar-refractivity contribution in [2.75, 3.05) is 7.11 Å². The Morgan fingerprint density at radius 2 is 1.82 bits per heavy atom. The van der Waals surface area contributed by atoms with Gasteiger partial charge in [-0.3, -0.25) is 0 Å². The molecular formula is C20H19NO6S. The summed E-state index contributed by atoms with van der Waals surface area (Å²) in [6.07, 6.45) is 1.76. The minimum Gasteiger partial charge on any atom is -0.493 e. The van der Waals surface area contributed by atoms with Gasteiger partial charge in [-0.05, 0) is 49.8 Å². The van der Waals surface area contributed by atoms with Crippen LogP contribution >= 0.6 is 0 Å². The molecule has 0 aliphatic rings. The van der Waals surface area contributed by atoms with Gasteiger partial charge in [0.2, 0.25) is 0 Å². The molecule has 0 saturated heterocycles. The van der Waals surface area contributed by atoms with E-state index in [0.29, 0.717) is 5.56 Å². The second-order valence-corrected chi connectivity index (χ2v) is 7.35. The van der Waals surface area contributed by atoms with Crippen LogP contribution in [0.3, 0.4) is 0 Å². The molecular weight excluding hydrogens is 382 g/mol. The van der Waals surface area contributed by atoms with Crippen molar-refractivity contribution < 1.29 is 26.9 Å². The van der Waals surface area contributed by atoms with Gasteiger partial charge in [-0.1, -0.05) is 23.8 Å². The summed E-state index contributed by atoms with van der Waals surface area (Å²) in [5.74, 6) is -0.479. The Bertz CT molecular complexity index is 1020. The Kier molecular flexibility index (Phi) is 6.79. The average Bonchev–Trinajstić information content (AvgIpc) is 2.67. The smallest absolute Gasteiger partial charge is 0.339 e. The first-order chi connectivity index (χ1) is 13.2. The SMILES string of the molecule is COc1cc(/C=C/C(=O)O[C@H](C)C#N)ccc1OS(=O)(=O)c1ccc(C)cc1. The maximum atomic E-state index is 12.4. The van der Waals surface area contributed by atoms with Crippen molar-refractivity contribution in [3.63, 3.8) is 0 Å². The number of hydrogen-bond donors (Lipinski definition) is 0. The van der Waals surface area contributed by atoms with Gasteiger partial charge in [-0.2, -0.15) is 13.7 Å². The third kappa shape index (κ3) is 5.59. The van der Waals surface area contributed by atoms with Crippen LogP contribution in [0.2, 0.25) is 0 Å². The van der Waals surface area contributed by atoms with E-state index in [9.17, 15) is 13.2 Å². The second kappa shape index (κ2) is 9.06. The molecule has 0 amide bonds. The first-order valence-electron chi connectivity index (χ1n) is 8.22. The molecule has 0 bridgehead atoms. The van der Waals surface area contributed by atoms with Gasteiger partial charge >= 0.3 is 16.1 Å². The number of rotatable bonds is 7. The molecule has 146 valence electrons. The lowest BCUT2D eigenvalue weighted by molar-refractivity contribution is -0.139. The van der Waals surface area contributed by atoms with E-state index in [1.165, 1.54) is 44.4 Å². The summed E-state index contributed by atoms with van der Waals surface area (Å²) in [4.78, 5) is 11.6. The van der Waals surface area contributed by atoms with Crippen LogP contribution in [-0.2, 0) is 19.6 Å². The minimum atomic E-state index is -4.02. The fourth-order valence-electron chi connectivity index (χ4n) is 2.13. The van der Waals surface area contributed by atoms with Crippen LogP contribution in [0.15, 0.2) is 53.4 Å². The molecule has 2 rings (SSSR count). The molecule has 0 N–H and O–H groups in total. The molecule has 0 unspecified atom stereocenters. The summed E-state index contributed by atoms with van der Waals surface area (Å²) in [6.45, 7) is 3.30. The zero-order chi connectivity index (χ0) is 20.7. The van der Waals surface area contributed by atoms with Crippen LogP contribution in [0.1, 0.15) is 18.1 Å². The third-order valence-electron chi connectivity index (χ3n) is 3.58. The quantitative estimate of drug-likeness (QED) is 0.399. The van der Waals surface area contributed by atoms with Crippen molar-refractivity contribution in [3.8, 4) is 17.6 Å². The molecule has 0 aromatic heterocycles. The van der Waals surface area contributed by atoms with E-state index in [4.69, 9.17) is 18.9 Å². The Labute approximate surface area is 163 Å². The number of benzene rings is 2. The number of esters is 1. The van der Waals surface area contributed by atoms with E-state index in [1.54, 1.807) is 24.3 Å². The summed E-state index contributed by atoms with van der Waals surface area (Å²) < 4.78 is 40.1. The number of nitrogens with zero attached hydrogens (tertiary/aromatic N) is 1. The molecule has 2 aromatic rings. The van der Waals surface area contributed by atoms with Crippen LogP contribution in [-0.4, -0.2) is 27.6 Å². The highest BCUT2D eigenvalue weighted by atomic mass is 32.2. The van der Waals surface area contributed by atoms with Crippen molar-refractivity contribution in [1.82, 2.24) is 0 Å². The topological polar surface area (TPSA) is 103 Å². The van der Waals surface area contributed by atoms with Crippen LogP contribution in [0.25, 0.3) is 6.08 Å². The molecule has 0 aliphatic heterocycles. The van der Waals surface area contributed by atoms with Crippen molar-refractivity contribution in [2.24, 2.45) is 0 Å². The van der Waals surface area contributed by atoms with E-state index in [0.717, 1.165) is 11.6 Å². The number of carbonyl (C=O) groups is 1. The maximum absolute atomic E-state index is 12.4. The lowest BCUT2D eigenvalue weighted by Crippen LogP contribution is -2.10. The molecule has 0 aliphatic carbocycles. The van der Waals surface area contributed by atoms with Crippen LogP contribution in [0.5, 0.6) is 11.5 Å². The predicted molar refractivity (Wildman–Crippen MR) is 102 cm³/mol. The number of nitriles is 1. The monoisotopic (exact) mass is 401 g/mol. The molecule has 1 atom stereocenters. The van der Waals surface area contributed by atoms with Gasteiger partial charge in [0.25, 0.3) is 0 Å². The zero-order valence-corrected chi connectivity index (χ0v) is 16.4. The summed E-state index contributed by atoms with van der Waals surface area (Å²) in [5, 5.41) is 8.63. The first kappa shape index (κ1) is 21.0. The highest BCUT2D eigenvalue weighted by Crippen LogP contribution is 2.31. The van der Waals surface area contributed by atoms with Crippen LogP contribution in [0.4, 0.5) is 0 Å². The van der Waals surface area contributed by atoms with Crippen molar-refractivity contribution in [1.29, 1.82) is 5.26 Å². The summed E-state index contributed by atoms with van der Waals surface area (Å²) in [6, 6.07) is 12.5. The van der Waals surface area contributed by atoms with Crippen LogP contribution in [0, 0.1) is 18.3 Å². The second-order valence-electron chi connectivity index (χ2n) is 5.80. The Morgan fingerprint density at radius 1 is 1.14 bits per heavy atom. The zero-order valence-electron chi connectivity index (χ0n) is 15.6. The normalized spacial score (nSPS) is 12.2. The van der Waals surface area contributed by atoms with Gasteiger partial charge in [0, 0.05) is 6.08 Å². The fraction of sp³-hybridized carbons (Fsp3) is 0.200. The summed E-state index contributed by atoms with van der Waals surface area (Å²) in [7, 11) is -2.65. The van der Waals surface area contributed by atoms with Gasteiger partial charge in [0.05, 0.1) is 7.11 Å². The molecule has 0 radical (unpaired) electrons. The first-order valence-corrected chi connectivity index (χ1v) is 9.63. The van der Waals surface area contributed by atoms with Gasteiger partial charge in [-0.25, -0.2) is 4.79 Å². The number of methoxy groups -OCH3 is 1. The number of aryl methyl sites for hydroxylation is 1. The number of ether oxygens (including phenoxy) is 2. The van der Waals surface area contributed by atoms with Crippen molar-refractivity contribution in [3.05, 3.63) is 59.7 Å². The van der Waals surface area contributed by atoms with Gasteiger partial charge in [-0.15, -0.1) is 0 Å². The molecule has 0 spiro atoms. The van der Waals surface area contributed by atoms with E-state index in [2.05, 4.69) is 0 Å². The van der Waals surface area contributed by atoms with Gasteiger partial charge in [0.15, 0.2) is 17.6 Å². The Morgan fingerprint density at radius 3 is 2.43 bits per heavy atom. The Balaban J connectivity index is 2.20. The molecule has 7 nitrogen and oxygen atoms in total. The predicted octanol–water partition coefficient (Wildman–Crippen LogP) is 3.24. The van der Waals surface area contributed by atoms with Crippen LogP contribution < -0.4 is 8.92 Å². The van der Waals surface area contributed by atoms with Gasteiger partial charge < -0.3 is 13.7 Å². The molecule has 8 heteroatoms. The molecule has 0 saturated carbocycles. The standard InChI is InChI=1S/C20H19NO6S/c1-14-4-8-17(9-5-14)28(23,24)27-18-10-6-16(12-19(18)25-3)7-11-20(22)26-15(2)13-21/h4-12,15H,1-3H3/b11-7+/t15-/m1/s1. The van der Waals surface area contributed by atoms with Gasteiger partial charge in [0.1, 0.15) is 11.0 Å².